The molecule has 0 fully saturated rings. The molecule has 4 aromatic rings. The molecule has 0 amide bonds. The van der Waals surface area contributed by atoms with Crippen molar-refractivity contribution in [1.82, 2.24) is 20.2 Å². The van der Waals surface area contributed by atoms with Gasteiger partial charge in [0.1, 0.15) is 11.6 Å². The van der Waals surface area contributed by atoms with E-state index in [1.807, 2.05) is 18.2 Å². The van der Waals surface area contributed by atoms with E-state index >= 15 is 0 Å². The first-order chi connectivity index (χ1) is 14.2. The standard InChI is InChI=1S/C21H20FN7/c22-15-6-3-4-13(8-15)11-29-12-16(9-14-5-1-2-7-18(14)29)25-19-17-10-24-28-20(17)27-21(23)26-19/h1-8,10,16H,9,11-12H2,(H4,23,24,25,26,27,28). The van der Waals surface area contributed by atoms with Crippen LogP contribution in [-0.2, 0) is 13.0 Å². The van der Waals surface area contributed by atoms with Gasteiger partial charge in [-0.1, -0.05) is 30.3 Å². The number of rotatable bonds is 4. The van der Waals surface area contributed by atoms with Crippen molar-refractivity contribution in [1.29, 1.82) is 0 Å². The van der Waals surface area contributed by atoms with E-state index in [1.165, 1.54) is 17.3 Å². The number of hydrogen-bond donors (Lipinski definition) is 3. The van der Waals surface area contributed by atoms with Crippen molar-refractivity contribution in [2.24, 2.45) is 0 Å². The molecule has 0 bridgehead atoms. The zero-order valence-corrected chi connectivity index (χ0v) is 15.6. The summed E-state index contributed by atoms with van der Waals surface area (Å²) in [5, 5.41) is 11.2. The number of nitrogens with one attached hydrogen (secondary N) is 2. The normalized spacial score (nSPS) is 16.0. The number of H-pyrrole nitrogens is 1. The minimum atomic E-state index is -0.221. The van der Waals surface area contributed by atoms with E-state index < -0.39 is 0 Å². The number of aromatic nitrogens is 4. The van der Waals surface area contributed by atoms with E-state index in [4.69, 9.17) is 5.73 Å². The van der Waals surface area contributed by atoms with Gasteiger partial charge in [-0.25, -0.2) is 4.39 Å². The van der Waals surface area contributed by atoms with Crippen LogP contribution in [-0.4, -0.2) is 32.8 Å². The second kappa shape index (κ2) is 7.05. The van der Waals surface area contributed by atoms with Gasteiger partial charge in [0, 0.05) is 24.8 Å². The highest BCUT2D eigenvalue weighted by atomic mass is 19.1. The van der Waals surface area contributed by atoms with Gasteiger partial charge in [0.25, 0.3) is 0 Å². The Balaban J connectivity index is 1.45. The average Bonchev–Trinajstić information content (AvgIpc) is 3.17. The van der Waals surface area contributed by atoms with Crippen molar-refractivity contribution >= 4 is 28.5 Å². The van der Waals surface area contributed by atoms with E-state index in [1.54, 1.807) is 18.3 Å². The molecule has 146 valence electrons. The second-order valence-corrected chi connectivity index (χ2v) is 7.25. The van der Waals surface area contributed by atoms with Crippen LogP contribution in [0.5, 0.6) is 0 Å². The smallest absolute Gasteiger partial charge is 0.224 e. The molecule has 0 radical (unpaired) electrons. The van der Waals surface area contributed by atoms with Crippen LogP contribution in [0.4, 0.5) is 21.8 Å². The summed E-state index contributed by atoms with van der Waals surface area (Å²) >= 11 is 0. The second-order valence-electron chi connectivity index (χ2n) is 7.25. The fourth-order valence-electron chi connectivity index (χ4n) is 3.94. The minimum absolute atomic E-state index is 0.103. The van der Waals surface area contributed by atoms with E-state index in [-0.39, 0.29) is 17.8 Å². The summed E-state index contributed by atoms with van der Waals surface area (Å²) < 4.78 is 13.7. The molecule has 1 unspecified atom stereocenters. The van der Waals surface area contributed by atoms with Crippen LogP contribution in [0.1, 0.15) is 11.1 Å². The summed E-state index contributed by atoms with van der Waals surface area (Å²) in [5.74, 6) is 0.634. The number of nitrogens with two attached hydrogens (primary N) is 1. The van der Waals surface area contributed by atoms with Crippen LogP contribution >= 0.6 is 0 Å². The summed E-state index contributed by atoms with van der Waals surface area (Å²) in [4.78, 5) is 10.8. The Hall–Kier alpha value is -3.68. The third-order valence-electron chi connectivity index (χ3n) is 5.17. The lowest BCUT2D eigenvalue weighted by Crippen LogP contribution is -2.42. The first-order valence-corrected chi connectivity index (χ1v) is 9.46. The number of hydrogen-bond acceptors (Lipinski definition) is 6. The highest BCUT2D eigenvalue weighted by Crippen LogP contribution is 2.30. The number of halogens is 1. The topological polar surface area (TPSA) is 95.7 Å². The number of benzene rings is 2. The third-order valence-corrected chi connectivity index (χ3v) is 5.17. The zero-order chi connectivity index (χ0) is 19.8. The van der Waals surface area contributed by atoms with Gasteiger partial charge in [0.05, 0.1) is 11.6 Å². The van der Waals surface area contributed by atoms with Crippen LogP contribution in [0.2, 0.25) is 0 Å². The Morgan fingerprint density at radius 3 is 2.97 bits per heavy atom. The first-order valence-electron chi connectivity index (χ1n) is 9.46. The Kier molecular flexibility index (Phi) is 4.23. The fourth-order valence-corrected chi connectivity index (χ4v) is 3.94. The van der Waals surface area contributed by atoms with Crippen LogP contribution in [0, 0.1) is 5.82 Å². The van der Waals surface area contributed by atoms with Gasteiger partial charge in [0.15, 0.2) is 5.65 Å². The van der Waals surface area contributed by atoms with Gasteiger partial charge in [-0.15, -0.1) is 0 Å². The van der Waals surface area contributed by atoms with Gasteiger partial charge in [-0.05, 0) is 35.7 Å². The molecule has 1 aliphatic rings. The number of fused-ring (bicyclic) bond motifs is 2. The summed E-state index contributed by atoms with van der Waals surface area (Å²) in [5.41, 5.74) is 9.80. The molecule has 0 saturated carbocycles. The number of para-hydroxylation sites is 1. The van der Waals surface area contributed by atoms with Gasteiger partial charge < -0.3 is 16.0 Å². The maximum absolute atomic E-state index is 13.7. The summed E-state index contributed by atoms with van der Waals surface area (Å²) in [6, 6.07) is 15.2. The van der Waals surface area contributed by atoms with Crippen LogP contribution < -0.4 is 16.0 Å². The van der Waals surface area contributed by atoms with Crippen molar-refractivity contribution in [3.05, 3.63) is 71.7 Å². The predicted molar refractivity (Wildman–Crippen MR) is 111 cm³/mol. The number of nitrogens with zero attached hydrogens (tertiary/aromatic N) is 4. The molecule has 5 rings (SSSR count). The van der Waals surface area contributed by atoms with Crippen molar-refractivity contribution in [2.75, 3.05) is 22.5 Å². The maximum atomic E-state index is 13.7. The minimum Gasteiger partial charge on any atom is -0.368 e. The van der Waals surface area contributed by atoms with Gasteiger partial charge in [-0.2, -0.15) is 15.1 Å². The molecule has 0 saturated heterocycles. The average molecular weight is 389 g/mol. The Morgan fingerprint density at radius 2 is 2.07 bits per heavy atom. The lowest BCUT2D eigenvalue weighted by molar-refractivity contribution is 0.614. The predicted octanol–water partition coefficient (Wildman–Crippen LogP) is 3.12. The molecule has 4 N–H and O–H groups in total. The molecule has 8 heteroatoms. The molecule has 3 heterocycles. The maximum Gasteiger partial charge on any atom is 0.224 e. The molecular formula is C21H20FN7. The number of nitrogen functional groups attached to an aromatic ring is 1. The van der Waals surface area contributed by atoms with E-state index in [0.717, 1.165) is 23.9 Å². The summed E-state index contributed by atoms with van der Waals surface area (Å²) in [6.45, 7) is 1.37. The lowest BCUT2D eigenvalue weighted by Gasteiger charge is -2.37. The zero-order valence-electron chi connectivity index (χ0n) is 15.6. The molecule has 1 aliphatic heterocycles. The molecule has 0 aliphatic carbocycles. The third kappa shape index (κ3) is 3.44. The van der Waals surface area contributed by atoms with Crippen molar-refractivity contribution in [3.8, 4) is 0 Å². The lowest BCUT2D eigenvalue weighted by atomic mass is 9.97. The molecule has 2 aromatic carbocycles. The van der Waals surface area contributed by atoms with Crippen molar-refractivity contribution < 1.29 is 4.39 Å². The monoisotopic (exact) mass is 389 g/mol. The van der Waals surface area contributed by atoms with Gasteiger partial charge >= 0.3 is 0 Å². The molecular weight excluding hydrogens is 369 g/mol. The highest BCUT2D eigenvalue weighted by molar-refractivity contribution is 5.87. The molecule has 29 heavy (non-hydrogen) atoms. The molecule has 1 atom stereocenters. The van der Waals surface area contributed by atoms with Crippen LogP contribution in [0.15, 0.2) is 54.7 Å². The SMILES string of the molecule is Nc1nc(NC2Cc3ccccc3N(Cc3cccc(F)c3)C2)c2cn[nH]c2n1. The number of aromatic amines is 1. The molecule has 0 spiro atoms. The van der Waals surface area contributed by atoms with Crippen molar-refractivity contribution in [2.45, 2.75) is 19.0 Å². The molecule has 2 aromatic heterocycles. The van der Waals surface area contributed by atoms with E-state index in [0.29, 0.717) is 18.0 Å². The fraction of sp³-hybridized carbons (Fsp3) is 0.190. The number of anilines is 3. The van der Waals surface area contributed by atoms with Crippen LogP contribution in [0.25, 0.3) is 11.0 Å². The highest BCUT2D eigenvalue weighted by Gasteiger charge is 2.25. The van der Waals surface area contributed by atoms with Gasteiger partial charge in [-0.3, -0.25) is 5.10 Å². The van der Waals surface area contributed by atoms with Gasteiger partial charge in [0.2, 0.25) is 5.95 Å². The molecule has 7 nitrogen and oxygen atoms in total. The Bertz CT molecular complexity index is 1170. The van der Waals surface area contributed by atoms with Crippen LogP contribution in [0.3, 0.4) is 0 Å². The first kappa shape index (κ1) is 17.4. The Morgan fingerprint density at radius 1 is 1.17 bits per heavy atom. The largest absolute Gasteiger partial charge is 0.368 e. The summed E-state index contributed by atoms with van der Waals surface area (Å²) in [6.07, 6.45) is 2.54. The van der Waals surface area contributed by atoms with E-state index in [9.17, 15) is 4.39 Å². The van der Waals surface area contributed by atoms with E-state index in [2.05, 4.69) is 42.5 Å². The van der Waals surface area contributed by atoms with Crippen molar-refractivity contribution in [3.63, 3.8) is 0 Å². The Labute approximate surface area is 166 Å². The quantitative estimate of drug-likeness (QED) is 0.496. The summed E-state index contributed by atoms with van der Waals surface area (Å²) in [7, 11) is 0.